The van der Waals surface area contributed by atoms with Gasteiger partial charge in [0.2, 0.25) is 5.88 Å². The molecule has 6 heteroatoms. The lowest BCUT2D eigenvalue weighted by atomic mass is 10.3. The molecule has 0 aliphatic carbocycles. The van der Waals surface area contributed by atoms with Gasteiger partial charge >= 0.3 is 0 Å². The van der Waals surface area contributed by atoms with Gasteiger partial charge in [-0.2, -0.15) is 5.10 Å². The molecule has 2 aromatic rings. The molecule has 0 saturated carbocycles. The summed E-state index contributed by atoms with van der Waals surface area (Å²) in [5.41, 5.74) is 0.890. The van der Waals surface area contributed by atoms with Gasteiger partial charge in [-0.15, -0.1) is 0 Å². The third kappa shape index (κ3) is 3.01. The quantitative estimate of drug-likeness (QED) is 0.896. The van der Waals surface area contributed by atoms with E-state index in [2.05, 4.69) is 34.2 Å². The van der Waals surface area contributed by atoms with Gasteiger partial charge in [0.15, 0.2) is 5.75 Å². The number of aromatic nitrogens is 4. The maximum atomic E-state index is 5.75. The van der Waals surface area contributed by atoms with E-state index in [1.165, 1.54) is 6.33 Å². The van der Waals surface area contributed by atoms with Gasteiger partial charge in [-0.25, -0.2) is 9.97 Å². The lowest BCUT2D eigenvalue weighted by molar-refractivity contribution is 0.454. The molecule has 0 amide bonds. The van der Waals surface area contributed by atoms with Gasteiger partial charge in [-0.05, 0) is 27.7 Å². The third-order valence-corrected chi connectivity index (χ3v) is 2.70. The Hall–Kier alpha value is -2.11. The number of nitrogens with zero attached hydrogens (tertiary/aromatic N) is 4. The highest BCUT2D eigenvalue weighted by atomic mass is 16.5. The van der Waals surface area contributed by atoms with Crippen LogP contribution in [0.15, 0.2) is 18.7 Å². The number of rotatable bonds is 5. The maximum Gasteiger partial charge on any atom is 0.227 e. The summed E-state index contributed by atoms with van der Waals surface area (Å²) in [7, 11) is 0. The van der Waals surface area contributed by atoms with Crippen molar-refractivity contribution in [2.75, 3.05) is 11.9 Å². The van der Waals surface area contributed by atoms with Gasteiger partial charge in [-0.1, -0.05) is 0 Å². The fourth-order valence-electron chi connectivity index (χ4n) is 1.65. The third-order valence-electron chi connectivity index (χ3n) is 2.70. The van der Waals surface area contributed by atoms with Crippen molar-refractivity contribution in [3.05, 3.63) is 24.3 Å². The summed E-state index contributed by atoms with van der Waals surface area (Å²) in [5, 5.41) is 7.41. The fourth-order valence-corrected chi connectivity index (χ4v) is 1.65. The van der Waals surface area contributed by atoms with E-state index in [0.29, 0.717) is 17.7 Å². The second kappa shape index (κ2) is 5.69. The molecule has 2 heterocycles. The first-order chi connectivity index (χ1) is 9.11. The van der Waals surface area contributed by atoms with Crippen molar-refractivity contribution in [3.63, 3.8) is 0 Å². The zero-order valence-electron chi connectivity index (χ0n) is 11.7. The van der Waals surface area contributed by atoms with Crippen molar-refractivity contribution in [1.82, 2.24) is 19.7 Å². The standard InChI is InChI=1S/C13H19N5O/c1-5-14-12-10(4)13(16-8-15-12)19-11-6-17-18(7-11)9(2)3/h6-9H,5H2,1-4H3,(H,14,15,16). The van der Waals surface area contributed by atoms with Gasteiger partial charge in [0.05, 0.1) is 18.0 Å². The number of ether oxygens (including phenoxy) is 1. The summed E-state index contributed by atoms with van der Waals surface area (Å²) in [5.74, 6) is 2.02. The predicted molar refractivity (Wildman–Crippen MR) is 73.6 cm³/mol. The van der Waals surface area contributed by atoms with E-state index in [9.17, 15) is 0 Å². The van der Waals surface area contributed by atoms with Gasteiger partial charge in [0, 0.05) is 12.6 Å². The van der Waals surface area contributed by atoms with Crippen LogP contribution >= 0.6 is 0 Å². The van der Waals surface area contributed by atoms with Crippen molar-refractivity contribution in [2.24, 2.45) is 0 Å². The fraction of sp³-hybridized carbons (Fsp3) is 0.462. The van der Waals surface area contributed by atoms with Crippen LogP contribution in [-0.2, 0) is 0 Å². The van der Waals surface area contributed by atoms with Crippen LogP contribution in [0.5, 0.6) is 11.6 Å². The van der Waals surface area contributed by atoms with Gasteiger partial charge in [0.25, 0.3) is 0 Å². The summed E-state index contributed by atoms with van der Waals surface area (Å²) in [4.78, 5) is 8.34. The highest BCUT2D eigenvalue weighted by molar-refractivity contribution is 5.48. The van der Waals surface area contributed by atoms with Crippen molar-refractivity contribution in [3.8, 4) is 11.6 Å². The first-order valence-corrected chi connectivity index (χ1v) is 6.39. The molecule has 0 bridgehead atoms. The maximum absolute atomic E-state index is 5.75. The highest BCUT2D eigenvalue weighted by Crippen LogP contribution is 2.26. The van der Waals surface area contributed by atoms with Crippen molar-refractivity contribution >= 4 is 5.82 Å². The van der Waals surface area contributed by atoms with Crippen LogP contribution in [0.25, 0.3) is 0 Å². The zero-order valence-corrected chi connectivity index (χ0v) is 11.7. The van der Waals surface area contributed by atoms with E-state index >= 15 is 0 Å². The van der Waals surface area contributed by atoms with E-state index < -0.39 is 0 Å². The molecule has 0 aliphatic rings. The summed E-state index contributed by atoms with van der Waals surface area (Å²) in [6.07, 6.45) is 5.04. The topological polar surface area (TPSA) is 64.9 Å². The molecule has 0 aromatic carbocycles. The van der Waals surface area contributed by atoms with Crippen molar-refractivity contribution in [2.45, 2.75) is 33.7 Å². The molecular formula is C13H19N5O. The molecule has 0 aliphatic heterocycles. The second-order valence-corrected chi connectivity index (χ2v) is 4.53. The monoisotopic (exact) mass is 261 g/mol. The molecule has 0 spiro atoms. The van der Waals surface area contributed by atoms with E-state index in [1.807, 2.05) is 24.7 Å². The predicted octanol–water partition coefficient (Wildman–Crippen LogP) is 2.79. The van der Waals surface area contributed by atoms with Gasteiger partial charge < -0.3 is 10.1 Å². The minimum Gasteiger partial charge on any atom is -0.435 e. The Morgan fingerprint density at radius 1 is 1.37 bits per heavy atom. The molecule has 0 saturated heterocycles. The number of nitrogens with one attached hydrogen (secondary N) is 1. The molecule has 102 valence electrons. The first kappa shape index (κ1) is 13.3. The zero-order chi connectivity index (χ0) is 13.8. The molecule has 0 atom stereocenters. The van der Waals surface area contributed by atoms with Crippen LogP contribution in [0.1, 0.15) is 32.4 Å². The van der Waals surface area contributed by atoms with Crippen LogP contribution in [0.4, 0.5) is 5.82 Å². The summed E-state index contributed by atoms with van der Waals surface area (Å²) in [6, 6.07) is 0.307. The minimum absolute atomic E-state index is 0.307. The van der Waals surface area contributed by atoms with Crippen LogP contribution in [0.2, 0.25) is 0 Å². The van der Waals surface area contributed by atoms with E-state index in [0.717, 1.165) is 17.9 Å². The molecule has 2 aromatic heterocycles. The molecule has 1 N–H and O–H groups in total. The number of anilines is 1. The Morgan fingerprint density at radius 2 is 2.16 bits per heavy atom. The second-order valence-electron chi connectivity index (χ2n) is 4.53. The first-order valence-electron chi connectivity index (χ1n) is 6.39. The molecule has 6 nitrogen and oxygen atoms in total. The summed E-state index contributed by atoms with van der Waals surface area (Å²) >= 11 is 0. The van der Waals surface area contributed by atoms with Crippen molar-refractivity contribution in [1.29, 1.82) is 0 Å². The van der Waals surface area contributed by atoms with Crippen molar-refractivity contribution < 1.29 is 4.74 Å². The van der Waals surface area contributed by atoms with Crippen LogP contribution in [-0.4, -0.2) is 26.3 Å². The normalized spacial score (nSPS) is 10.8. The molecule has 19 heavy (non-hydrogen) atoms. The van der Waals surface area contributed by atoms with E-state index in [1.54, 1.807) is 6.20 Å². The summed E-state index contributed by atoms with van der Waals surface area (Å²) < 4.78 is 7.60. The SMILES string of the molecule is CCNc1ncnc(Oc2cnn(C(C)C)c2)c1C. The molecular weight excluding hydrogens is 242 g/mol. The Kier molecular flexibility index (Phi) is 3.99. The summed E-state index contributed by atoms with van der Waals surface area (Å²) in [6.45, 7) is 8.89. The minimum atomic E-state index is 0.307. The van der Waals surface area contributed by atoms with Gasteiger partial charge in [0.1, 0.15) is 12.1 Å². The van der Waals surface area contributed by atoms with E-state index in [-0.39, 0.29) is 0 Å². The Morgan fingerprint density at radius 3 is 2.79 bits per heavy atom. The lowest BCUT2D eigenvalue weighted by Crippen LogP contribution is -2.03. The Labute approximate surface area is 112 Å². The molecule has 0 fully saturated rings. The smallest absolute Gasteiger partial charge is 0.227 e. The van der Waals surface area contributed by atoms with Crippen LogP contribution < -0.4 is 10.1 Å². The molecule has 0 unspecified atom stereocenters. The molecule has 2 rings (SSSR count). The lowest BCUT2D eigenvalue weighted by Gasteiger charge is -2.09. The van der Waals surface area contributed by atoms with Crippen LogP contribution in [0.3, 0.4) is 0 Å². The number of hydrogen-bond acceptors (Lipinski definition) is 5. The Balaban J connectivity index is 2.20. The molecule has 0 radical (unpaired) electrons. The highest BCUT2D eigenvalue weighted by Gasteiger charge is 2.10. The average Bonchev–Trinajstić information content (AvgIpc) is 2.83. The Bertz CT molecular complexity index is 550. The van der Waals surface area contributed by atoms with Gasteiger partial charge in [-0.3, -0.25) is 4.68 Å². The van der Waals surface area contributed by atoms with E-state index in [4.69, 9.17) is 4.74 Å². The average molecular weight is 261 g/mol. The largest absolute Gasteiger partial charge is 0.435 e. The number of hydrogen-bond donors (Lipinski definition) is 1. The van der Waals surface area contributed by atoms with Crippen LogP contribution in [0, 0.1) is 6.92 Å².